The second-order valence-corrected chi connectivity index (χ2v) is 5.99. The topological polar surface area (TPSA) is 41.0 Å². The van der Waals surface area contributed by atoms with Gasteiger partial charge in [-0.25, -0.2) is 9.97 Å². The minimum atomic E-state index is 0.367. The van der Waals surface area contributed by atoms with E-state index in [1.54, 1.807) is 0 Å². The van der Waals surface area contributed by atoms with E-state index in [4.69, 9.17) is 0 Å². The summed E-state index contributed by atoms with van der Waals surface area (Å²) in [5.74, 6) is 1.36. The fraction of sp³-hybridized carbons (Fsp3) is 0.500. The molecule has 1 aromatic heterocycles. The Bertz CT molecular complexity index is 541. The van der Waals surface area contributed by atoms with Gasteiger partial charge < -0.3 is 10.2 Å². The van der Waals surface area contributed by atoms with Crippen LogP contribution in [-0.2, 0) is 0 Å². The molecule has 0 saturated heterocycles. The summed E-state index contributed by atoms with van der Waals surface area (Å²) in [6.07, 6.45) is 2.99. The largest absolute Gasteiger partial charge is 0.350 e. The van der Waals surface area contributed by atoms with E-state index in [-0.39, 0.29) is 0 Å². The number of hydrogen-bond donors (Lipinski definition) is 1. The average molecular weight is 272 g/mol. The Morgan fingerprint density at radius 1 is 1.20 bits per heavy atom. The average Bonchev–Trinajstić information content (AvgIpc) is 2.37. The van der Waals surface area contributed by atoms with Gasteiger partial charge in [0.05, 0.1) is 5.52 Å². The van der Waals surface area contributed by atoms with Crippen molar-refractivity contribution >= 4 is 16.9 Å². The van der Waals surface area contributed by atoms with Crippen molar-refractivity contribution in [2.45, 2.75) is 26.3 Å². The maximum Gasteiger partial charge on any atom is 0.223 e. The molecule has 0 aliphatic carbocycles. The monoisotopic (exact) mass is 272 g/mol. The molecule has 1 atom stereocenters. The number of anilines is 1. The summed E-state index contributed by atoms with van der Waals surface area (Å²) in [6, 6.07) is 8.43. The summed E-state index contributed by atoms with van der Waals surface area (Å²) in [4.78, 5) is 11.2. The van der Waals surface area contributed by atoms with Crippen LogP contribution in [0.1, 0.15) is 20.3 Å². The van der Waals surface area contributed by atoms with Crippen LogP contribution >= 0.6 is 0 Å². The van der Waals surface area contributed by atoms with E-state index in [1.165, 1.54) is 0 Å². The normalized spacial score (nSPS) is 13.1. The van der Waals surface area contributed by atoms with E-state index >= 15 is 0 Å². The van der Waals surface area contributed by atoms with E-state index in [1.807, 2.05) is 30.5 Å². The van der Waals surface area contributed by atoms with Crippen molar-refractivity contribution in [3.63, 3.8) is 0 Å². The lowest BCUT2D eigenvalue weighted by Gasteiger charge is -2.24. The Kier molecular flexibility index (Phi) is 4.90. The molecule has 2 rings (SSSR count). The van der Waals surface area contributed by atoms with Gasteiger partial charge >= 0.3 is 0 Å². The van der Waals surface area contributed by atoms with Gasteiger partial charge in [0.15, 0.2) is 0 Å². The first-order valence-corrected chi connectivity index (χ1v) is 7.17. The maximum atomic E-state index is 4.59. The van der Waals surface area contributed by atoms with Crippen LogP contribution in [0.5, 0.6) is 0 Å². The first-order chi connectivity index (χ1) is 9.54. The number of likely N-dealkylation sites (N-methyl/N-ethyl adjacent to an activating group) is 1. The number of para-hydroxylation sites is 1. The highest BCUT2D eigenvalue weighted by Gasteiger charge is 2.13. The summed E-state index contributed by atoms with van der Waals surface area (Å²) < 4.78 is 0. The minimum absolute atomic E-state index is 0.367. The molecule has 0 saturated carbocycles. The van der Waals surface area contributed by atoms with Crippen molar-refractivity contribution in [3.8, 4) is 0 Å². The molecule has 0 bridgehead atoms. The number of fused-ring (bicyclic) bond motifs is 1. The summed E-state index contributed by atoms with van der Waals surface area (Å²) >= 11 is 0. The summed E-state index contributed by atoms with van der Waals surface area (Å²) in [7, 11) is 4.19. The fourth-order valence-corrected chi connectivity index (χ4v) is 2.41. The Morgan fingerprint density at radius 2 is 1.95 bits per heavy atom. The van der Waals surface area contributed by atoms with Gasteiger partial charge in [0.25, 0.3) is 0 Å². The Balaban J connectivity index is 2.14. The lowest BCUT2D eigenvalue weighted by molar-refractivity contribution is 0.355. The third-order valence-electron chi connectivity index (χ3n) is 3.16. The Hall–Kier alpha value is -1.68. The molecule has 0 spiro atoms. The number of benzene rings is 1. The van der Waals surface area contributed by atoms with Gasteiger partial charge in [0.2, 0.25) is 5.95 Å². The molecule has 2 aromatic rings. The molecule has 0 fully saturated rings. The molecular formula is C16H24N4. The zero-order valence-corrected chi connectivity index (χ0v) is 12.8. The third-order valence-corrected chi connectivity index (χ3v) is 3.16. The molecule has 0 aliphatic heterocycles. The van der Waals surface area contributed by atoms with E-state index < -0.39 is 0 Å². The standard InChI is InChI=1S/C16H24N4/c1-12(2)9-14(11-20(3)4)18-16-17-10-13-7-5-6-8-15(13)19-16/h5-8,10,12,14H,9,11H2,1-4H3,(H,17,18,19). The number of aromatic nitrogens is 2. The highest BCUT2D eigenvalue weighted by atomic mass is 15.2. The molecule has 4 heteroatoms. The van der Waals surface area contributed by atoms with Crippen molar-refractivity contribution in [1.29, 1.82) is 0 Å². The van der Waals surface area contributed by atoms with Gasteiger partial charge in [-0.05, 0) is 32.5 Å². The van der Waals surface area contributed by atoms with Gasteiger partial charge in [0, 0.05) is 24.2 Å². The summed E-state index contributed by atoms with van der Waals surface area (Å²) in [6.45, 7) is 5.46. The molecule has 1 heterocycles. The van der Waals surface area contributed by atoms with Crippen LogP contribution in [0.3, 0.4) is 0 Å². The Morgan fingerprint density at radius 3 is 2.65 bits per heavy atom. The van der Waals surface area contributed by atoms with Gasteiger partial charge in [-0.1, -0.05) is 32.0 Å². The molecular weight excluding hydrogens is 248 g/mol. The number of nitrogens with zero attached hydrogens (tertiary/aromatic N) is 3. The predicted octanol–water partition coefficient (Wildman–Crippen LogP) is 3.02. The fourth-order valence-electron chi connectivity index (χ4n) is 2.41. The molecule has 0 radical (unpaired) electrons. The van der Waals surface area contributed by atoms with E-state index in [0.717, 1.165) is 29.8 Å². The predicted molar refractivity (Wildman–Crippen MR) is 85.0 cm³/mol. The van der Waals surface area contributed by atoms with Crippen molar-refractivity contribution in [1.82, 2.24) is 14.9 Å². The van der Waals surface area contributed by atoms with Gasteiger partial charge in [-0.3, -0.25) is 0 Å². The number of nitrogens with one attached hydrogen (secondary N) is 1. The molecule has 0 amide bonds. The van der Waals surface area contributed by atoms with Gasteiger partial charge in [-0.2, -0.15) is 0 Å². The van der Waals surface area contributed by atoms with Crippen molar-refractivity contribution < 1.29 is 0 Å². The number of hydrogen-bond acceptors (Lipinski definition) is 4. The van der Waals surface area contributed by atoms with E-state index in [9.17, 15) is 0 Å². The van der Waals surface area contributed by atoms with Crippen LogP contribution in [0.2, 0.25) is 0 Å². The minimum Gasteiger partial charge on any atom is -0.350 e. The molecule has 0 aliphatic rings. The third kappa shape index (κ3) is 4.17. The molecule has 108 valence electrons. The zero-order chi connectivity index (χ0) is 14.5. The van der Waals surface area contributed by atoms with Crippen LogP contribution in [0, 0.1) is 5.92 Å². The molecule has 20 heavy (non-hydrogen) atoms. The van der Waals surface area contributed by atoms with Crippen LogP contribution in [0.15, 0.2) is 30.5 Å². The summed E-state index contributed by atoms with van der Waals surface area (Å²) in [5, 5.41) is 4.54. The van der Waals surface area contributed by atoms with E-state index in [2.05, 4.69) is 48.1 Å². The highest BCUT2D eigenvalue weighted by Crippen LogP contribution is 2.14. The molecule has 1 aromatic carbocycles. The second-order valence-electron chi connectivity index (χ2n) is 5.99. The quantitative estimate of drug-likeness (QED) is 0.877. The van der Waals surface area contributed by atoms with Crippen LogP contribution in [-0.4, -0.2) is 41.5 Å². The first-order valence-electron chi connectivity index (χ1n) is 7.17. The first kappa shape index (κ1) is 14.7. The Labute approximate surface area is 121 Å². The zero-order valence-electron chi connectivity index (χ0n) is 12.8. The highest BCUT2D eigenvalue weighted by molar-refractivity contribution is 5.78. The van der Waals surface area contributed by atoms with Crippen molar-refractivity contribution in [2.24, 2.45) is 5.92 Å². The van der Waals surface area contributed by atoms with Crippen LogP contribution in [0.25, 0.3) is 10.9 Å². The lowest BCUT2D eigenvalue weighted by atomic mass is 10.0. The smallest absolute Gasteiger partial charge is 0.223 e. The SMILES string of the molecule is CC(C)CC(CN(C)C)Nc1ncc2ccccc2n1. The second kappa shape index (κ2) is 6.66. The van der Waals surface area contributed by atoms with Crippen molar-refractivity contribution in [2.75, 3.05) is 26.0 Å². The van der Waals surface area contributed by atoms with E-state index in [0.29, 0.717) is 12.0 Å². The van der Waals surface area contributed by atoms with Crippen LogP contribution < -0.4 is 5.32 Å². The van der Waals surface area contributed by atoms with Gasteiger partial charge in [0.1, 0.15) is 0 Å². The van der Waals surface area contributed by atoms with Crippen molar-refractivity contribution in [3.05, 3.63) is 30.5 Å². The van der Waals surface area contributed by atoms with Gasteiger partial charge in [-0.15, -0.1) is 0 Å². The molecule has 1 N–H and O–H groups in total. The molecule has 1 unspecified atom stereocenters. The maximum absolute atomic E-state index is 4.59. The van der Waals surface area contributed by atoms with Crippen LogP contribution in [0.4, 0.5) is 5.95 Å². The number of rotatable bonds is 6. The summed E-state index contributed by atoms with van der Waals surface area (Å²) in [5.41, 5.74) is 0.984. The lowest BCUT2D eigenvalue weighted by Crippen LogP contribution is -2.34. The molecule has 4 nitrogen and oxygen atoms in total.